The molecule has 0 fully saturated rings. The SMILES string of the molecule is COc1ccc([C@@H]2C=C3Nc4ccccc4N[C@H](c4cc(Br)ccc4F)[C@@H]3C(=O)C2)cc1. The lowest BCUT2D eigenvalue weighted by Crippen LogP contribution is -2.34. The van der Waals surface area contributed by atoms with Crippen LogP contribution in [0.1, 0.15) is 29.5 Å². The molecule has 0 unspecified atom stereocenters. The number of para-hydroxylation sites is 2. The van der Waals surface area contributed by atoms with Crippen LogP contribution in [0.3, 0.4) is 0 Å². The molecule has 0 bridgehead atoms. The first kappa shape index (κ1) is 20.8. The van der Waals surface area contributed by atoms with E-state index >= 15 is 0 Å². The van der Waals surface area contributed by atoms with Crippen molar-refractivity contribution in [3.63, 3.8) is 0 Å². The van der Waals surface area contributed by atoms with Gasteiger partial charge in [-0.05, 0) is 48.0 Å². The summed E-state index contributed by atoms with van der Waals surface area (Å²) in [5, 5.41) is 6.91. The van der Waals surface area contributed by atoms with Crippen molar-refractivity contribution in [1.82, 2.24) is 0 Å². The Labute approximate surface area is 194 Å². The molecule has 3 aromatic carbocycles. The van der Waals surface area contributed by atoms with Crippen LogP contribution in [-0.4, -0.2) is 12.9 Å². The lowest BCUT2D eigenvalue weighted by atomic mass is 9.76. The Morgan fingerprint density at radius 2 is 1.78 bits per heavy atom. The van der Waals surface area contributed by atoms with E-state index in [0.29, 0.717) is 12.0 Å². The molecule has 0 saturated heterocycles. The molecule has 4 nitrogen and oxygen atoms in total. The average Bonchev–Trinajstić information content (AvgIpc) is 2.97. The van der Waals surface area contributed by atoms with Crippen LogP contribution in [-0.2, 0) is 4.79 Å². The van der Waals surface area contributed by atoms with Crippen LogP contribution in [0.2, 0.25) is 0 Å². The van der Waals surface area contributed by atoms with E-state index in [0.717, 1.165) is 32.9 Å². The Bertz CT molecular complexity index is 1210. The van der Waals surface area contributed by atoms with E-state index in [1.54, 1.807) is 19.2 Å². The van der Waals surface area contributed by atoms with Crippen molar-refractivity contribution >= 4 is 33.1 Å². The van der Waals surface area contributed by atoms with Crippen molar-refractivity contribution < 1.29 is 13.9 Å². The standard InChI is InChI=1S/C26H22BrFN2O2/c1-32-18-9-6-15(7-10-18)16-12-23-25(24(31)13-16)26(19-14-17(27)8-11-20(19)28)30-22-5-3-2-4-21(22)29-23/h2-12,14,16,25-26,29-30H,13H2,1H3/t16-,25+,26-/m1/s1. The second-order valence-electron chi connectivity index (χ2n) is 8.11. The second kappa shape index (κ2) is 8.43. The van der Waals surface area contributed by atoms with Gasteiger partial charge in [-0.2, -0.15) is 0 Å². The zero-order valence-corrected chi connectivity index (χ0v) is 19.0. The first-order chi connectivity index (χ1) is 15.5. The van der Waals surface area contributed by atoms with Crippen molar-refractivity contribution in [2.24, 2.45) is 5.92 Å². The number of carbonyl (C=O) groups excluding carboxylic acids is 1. The lowest BCUT2D eigenvalue weighted by Gasteiger charge is -2.32. The third-order valence-electron chi connectivity index (χ3n) is 6.17. The number of rotatable bonds is 3. The predicted molar refractivity (Wildman–Crippen MR) is 127 cm³/mol. The van der Waals surface area contributed by atoms with Crippen molar-refractivity contribution in [3.8, 4) is 5.75 Å². The monoisotopic (exact) mass is 492 g/mol. The number of hydrogen-bond acceptors (Lipinski definition) is 4. The molecule has 6 heteroatoms. The van der Waals surface area contributed by atoms with Gasteiger partial charge in [-0.15, -0.1) is 0 Å². The molecular formula is C26H22BrFN2O2. The number of anilines is 2. The van der Waals surface area contributed by atoms with Gasteiger partial charge in [0.1, 0.15) is 17.3 Å². The van der Waals surface area contributed by atoms with Crippen LogP contribution in [0.25, 0.3) is 0 Å². The van der Waals surface area contributed by atoms with Gasteiger partial charge in [0.2, 0.25) is 0 Å². The number of carbonyl (C=O) groups is 1. The van der Waals surface area contributed by atoms with Crippen LogP contribution < -0.4 is 15.4 Å². The molecule has 3 aromatic rings. The minimum absolute atomic E-state index is 0.0644. The van der Waals surface area contributed by atoms with Crippen LogP contribution in [0, 0.1) is 11.7 Å². The lowest BCUT2D eigenvalue weighted by molar-refractivity contribution is -0.122. The first-order valence-electron chi connectivity index (χ1n) is 10.5. The Balaban J connectivity index is 1.62. The Morgan fingerprint density at radius 3 is 2.53 bits per heavy atom. The molecule has 5 rings (SSSR count). The number of Topliss-reactive ketones (excluding diaryl/α,β-unsaturated/α-hetero) is 1. The normalized spacial score (nSPS) is 21.9. The van der Waals surface area contributed by atoms with Crippen LogP contribution in [0.15, 0.2) is 83.0 Å². The van der Waals surface area contributed by atoms with E-state index in [1.807, 2.05) is 48.5 Å². The van der Waals surface area contributed by atoms with Gasteiger partial charge in [0.15, 0.2) is 0 Å². The Morgan fingerprint density at radius 1 is 1.03 bits per heavy atom. The van der Waals surface area contributed by atoms with E-state index in [2.05, 4.69) is 32.6 Å². The van der Waals surface area contributed by atoms with Gasteiger partial charge in [-0.3, -0.25) is 4.79 Å². The molecule has 2 N–H and O–H groups in total. The number of nitrogens with one attached hydrogen (secondary N) is 2. The van der Waals surface area contributed by atoms with E-state index < -0.39 is 12.0 Å². The molecule has 1 heterocycles. The molecule has 0 saturated carbocycles. The second-order valence-corrected chi connectivity index (χ2v) is 9.02. The van der Waals surface area contributed by atoms with Crippen molar-refractivity contribution in [2.75, 3.05) is 17.7 Å². The summed E-state index contributed by atoms with van der Waals surface area (Å²) in [5.74, 6) is -0.0848. The first-order valence-corrected chi connectivity index (χ1v) is 11.3. The molecule has 2 aliphatic rings. The van der Waals surface area contributed by atoms with Gasteiger partial charge in [0.05, 0.1) is 30.4 Å². The van der Waals surface area contributed by atoms with E-state index in [4.69, 9.17) is 4.74 Å². The summed E-state index contributed by atoms with van der Waals surface area (Å²) in [5.41, 5.74) is 4.00. The minimum atomic E-state index is -0.529. The number of allylic oxidation sites excluding steroid dienone is 1. The molecule has 3 atom stereocenters. The largest absolute Gasteiger partial charge is 0.497 e. The maximum Gasteiger partial charge on any atom is 0.145 e. The van der Waals surface area contributed by atoms with E-state index in [1.165, 1.54) is 6.07 Å². The van der Waals surface area contributed by atoms with Gasteiger partial charge in [0, 0.05) is 28.1 Å². The number of ketones is 1. The molecular weight excluding hydrogens is 471 g/mol. The molecule has 1 aliphatic heterocycles. The fourth-order valence-electron chi connectivity index (χ4n) is 4.58. The highest BCUT2D eigenvalue weighted by Gasteiger charge is 2.40. The summed E-state index contributed by atoms with van der Waals surface area (Å²) in [4.78, 5) is 13.5. The molecule has 0 radical (unpaired) electrons. The summed E-state index contributed by atoms with van der Waals surface area (Å²) < 4.78 is 21.0. The zero-order valence-electron chi connectivity index (χ0n) is 17.4. The van der Waals surface area contributed by atoms with Gasteiger partial charge in [0.25, 0.3) is 0 Å². The Kier molecular flexibility index (Phi) is 5.47. The summed E-state index contributed by atoms with van der Waals surface area (Å²) >= 11 is 3.45. The fraction of sp³-hybridized carbons (Fsp3) is 0.192. The molecule has 32 heavy (non-hydrogen) atoms. The zero-order chi connectivity index (χ0) is 22.2. The highest BCUT2D eigenvalue weighted by molar-refractivity contribution is 9.10. The number of hydrogen-bond donors (Lipinski definition) is 2. The number of methoxy groups -OCH3 is 1. The number of benzene rings is 3. The average molecular weight is 493 g/mol. The summed E-state index contributed by atoms with van der Waals surface area (Å²) in [6.45, 7) is 0. The third kappa shape index (κ3) is 3.79. The van der Waals surface area contributed by atoms with E-state index in [9.17, 15) is 9.18 Å². The maximum absolute atomic E-state index is 14.9. The van der Waals surface area contributed by atoms with Crippen molar-refractivity contribution in [3.05, 3.63) is 99.9 Å². The molecule has 1 aliphatic carbocycles. The number of ether oxygens (including phenoxy) is 1. The fourth-order valence-corrected chi connectivity index (χ4v) is 4.96. The number of fused-ring (bicyclic) bond motifs is 2. The van der Waals surface area contributed by atoms with Crippen molar-refractivity contribution in [1.29, 1.82) is 0 Å². The quantitative estimate of drug-likeness (QED) is 0.442. The molecule has 0 spiro atoms. The molecule has 0 amide bonds. The summed E-state index contributed by atoms with van der Waals surface area (Å²) in [6.07, 6.45) is 2.47. The van der Waals surface area contributed by atoms with Crippen LogP contribution >= 0.6 is 15.9 Å². The van der Waals surface area contributed by atoms with Gasteiger partial charge < -0.3 is 15.4 Å². The highest BCUT2D eigenvalue weighted by Crippen LogP contribution is 2.45. The molecule has 0 aromatic heterocycles. The summed E-state index contributed by atoms with van der Waals surface area (Å²) in [6, 6.07) is 19.9. The van der Waals surface area contributed by atoms with E-state index in [-0.39, 0.29) is 17.5 Å². The maximum atomic E-state index is 14.9. The highest BCUT2D eigenvalue weighted by atomic mass is 79.9. The smallest absolute Gasteiger partial charge is 0.145 e. The summed E-state index contributed by atoms with van der Waals surface area (Å²) in [7, 11) is 1.63. The molecule has 162 valence electrons. The number of halogens is 2. The van der Waals surface area contributed by atoms with Gasteiger partial charge in [-0.25, -0.2) is 4.39 Å². The Hall–Kier alpha value is -3.12. The minimum Gasteiger partial charge on any atom is -0.497 e. The van der Waals surface area contributed by atoms with Gasteiger partial charge in [-0.1, -0.05) is 46.3 Å². The van der Waals surface area contributed by atoms with Gasteiger partial charge >= 0.3 is 0 Å². The van der Waals surface area contributed by atoms with Crippen LogP contribution in [0.5, 0.6) is 5.75 Å². The van der Waals surface area contributed by atoms with Crippen molar-refractivity contribution in [2.45, 2.75) is 18.4 Å². The predicted octanol–water partition coefficient (Wildman–Crippen LogP) is 6.43. The topological polar surface area (TPSA) is 50.4 Å². The van der Waals surface area contributed by atoms with Crippen LogP contribution in [0.4, 0.5) is 15.8 Å². The third-order valence-corrected chi connectivity index (χ3v) is 6.66.